The highest BCUT2D eigenvalue weighted by molar-refractivity contribution is 5.96. The van der Waals surface area contributed by atoms with Crippen LogP contribution in [0.4, 0.5) is 0 Å². The Bertz CT molecular complexity index is 1250. The molecule has 4 nitrogen and oxygen atoms in total. The molecule has 2 unspecified atom stereocenters. The van der Waals surface area contributed by atoms with E-state index < -0.39 is 0 Å². The van der Waals surface area contributed by atoms with Crippen molar-refractivity contribution in [3.63, 3.8) is 0 Å². The van der Waals surface area contributed by atoms with Gasteiger partial charge in [-0.1, -0.05) is 61.0 Å². The summed E-state index contributed by atoms with van der Waals surface area (Å²) in [5, 5.41) is 2.97. The van der Waals surface area contributed by atoms with Gasteiger partial charge in [-0.05, 0) is 60.5 Å². The fourth-order valence-corrected chi connectivity index (χ4v) is 5.00. The van der Waals surface area contributed by atoms with Crippen LogP contribution < -0.4 is 11.3 Å². The van der Waals surface area contributed by atoms with Crippen LogP contribution in [0.15, 0.2) is 71.5 Å². The Morgan fingerprint density at radius 2 is 1.63 bits per heavy atom. The van der Waals surface area contributed by atoms with Gasteiger partial charge >= 0.3 is 0 Å². The van der Waals surface area contributed by atoms with E-state index in [1.165, 1.54) is 12.8 Å². The van der Waals surface area contributed by atoms with Gasteiger partial charge in [0.2, 0.25) is 0 Å². The first-order valence-corrected chi connectivity index (χ1v) is 10.9. The fourth-order valence-electron chi connectivity index (χ4n) is 5.00. The lowest BCUT2D eigenvalue weighted by Crippen LogP contribution is -2.30. The molecular formula is C26H27N3O. The average Bonchev–Trinajstić information content (AvgIpc) is 2.80. The van der Waals surface area contributed by atoms with Crippen molar-refractivity contribution in [1.29, 1.82) is 0 Å². The van der Waals surface area contributed by atoms with Gasteiger partial charge in [0.05, 0.1) is 10.9 Å². The standard InChI is InChI=1S/C26H27N3O/c27-16-18-7-5-8-19(15-18)17-29-25(28-24-14-4-3-12-23(24)26(29)30)22-13-6-10-20-9-1-2-11-21(20)22/h1-4,6,9-14,18-19H,5,7-8,15-17,27H2. The summed E-state index contributed by atoms with van der Waals surface area (Å²) in [6.45, 7) is 1.43. The highest BCUT2D eigenvalue weighted by Crippen LogP contribution is 2.32. The number of benzene rings is 3. The highest BCUT2D eigenvalue weighted by Gasteiger charge is 2.24. The van der Waals surface area contributed by atoms with E-state index in [0.29, 0.717) is 23.8 Å². The van der Waals surface area contributed by atoms with Crippen molar-refractivity contribution < 1.29 is 0 Å². The SMILES string of the molecule is NCC1CCCC(Cn2c(-c3cccc4ccccc34)nc3ccccc3c2=O)C1. The van der Waals surface area contributed by atoms with E-state index in [2.05, 4.69) is 30.3 Å². The van der Waals surface area contributed by atoms with Gasteiger partial charge in [0.25, 0.3) is 5.56 Å². The molecule has 0 bridgehead atoms. The number of para-hydroxylation sites is 1. The Hall–Kier alpha value is -2.98. The minimum absolute atomic E-state index is 0.0541. The van der Waals surface area contributed by atoms with E-state index in [9.17, 15) is 4.79 Å². The van der Waals surface area contributed by atoms with Gasteiger partial charge in [0.15, 0.2) is 0 Å². The van der Waals surface area contributed by atoms with Crippen molar-refractivity contribution in [1.82, 2.24) is 9.55 Å². The number of nitrogens with zero attached hydrogens (tertiary/aromatic N) is 2. The van der Waals surface area contributed by atoms with Crippen LogP contribution in [0.5, 0.6) is 0 Å². The normalized spacial score (nSPS) is 19.4. The van der Waals surface area contributed by atoms with Crippen LogP contribution in [0, 0.1) is 11.8 Å². The maximum absolute atomic E-state index is 13.6. The van der Waals surface area contributed by atoms with Crippen LogP contribution in [0.1, 0.15) is 25.7 Å². The molecule has 1 aromatic heterocycles. The smallest absolute Gasteiger partial charge is 0.261 e. The summed E-state index contributed by atoms with van der Waals surface area (Å²) >= 11 is 0. The molecular weight excluding hydrogens is 370 g/mol. The van der Waals surface area contributed by atoms with Crippen molar-refractivity contribution in [3.8, 4) is 11.4 Å². The van der Waals surface area contributed by atoms with Crippen molar-refractivity contribution in [2.75, 3.05) is 6.54 Å². The van der Waals surface area contributed by atoms with Crippen LogP contribution >= 0.6 is 0 Å². The van der Waals surface area contributed by atoms with Crippen molar-refractivity contribution in [2.45, 2.75) is 32.2 Å². The molecule has 4 aromatic rings. The Kier molecular flexibility index (Phi) is 5.09. The molecule has 4 heteroatoms. The molecule has 2 atom stereocenters. The molecule has 1 saturated carbocycles. The highest BCUT2D eigenvalue weighted by atomic mass is 16.1. The zero-order valence-corrected chi connectivity index (χ0v) is 17.1. The number of hydrogen-bond donors (Lipinski definition) is 1. The Labute approximate surface area is 176 Å². The molecule has 1 fully saturated rings. The lowest BCUT2D eigenvalue weighted by molar-refractivity contribution is 0.246. The third-order valence-electron chi connectivity index (χ3n) is 6.56. The second kappa shape index (κ2) is 8.04. The first-order valence-electron chi connectivity index (χ1n) is 10.9. The summed E-state index contributed by atoms with van der Waals surface area (Å²) in [4.78, 5) is 18.6. The van der Waals surface area contributed by atoms with Crippen molar-refractivity contribution in [3.05, 3.63) is 77.1 Å². The molecule has 1 aliphatic rings. The van der Waals surface area contributed by atoms with Crippen LogP contribution in [-0.2, 0) is 6.54 Å². The number of hydrogen-bond acceptors (Lipinski definition) is 3. The number of rotatable bonds is 4. The number of aromatic nitrogens is 2. The number of fused-ring (bicyclic) bond motifs is 2. The predicted molar refractivity (Wildman–Crippen MR) is 123 cm³/mol. The summed E-state index contributed by atoms with van der Waals surface area (Å²) in [6, 6.07) is 22.2. The van der Waals surface area contributed by atoms with E-state index in [-0.39, 0.29) is 5.56 Å². The Morgan fingerprint density at radius 1 is 0.900 bits per heavy atom. The third-order valence-corrected chi connectivity index (χ3v) is 6.56. The molecule has 0 spiro atoms. The van der Waals surface area contributed by atoms with Crippen LogP contribution in [0.3, 0.4) is 0 Å². The zero-order chi connectivity index (χ0) is 20.5. The summed E-state index contributed by atoms with van der Waals surface area (Å²) in [6.07, 6.45) is 4.62. The molecule has 1 heterocycles. The quantitative estimate of drug-likeness (QED) is 0.528. The van der Waals surface area contributed by atoms with Gasteiger partial charge in [0.1, 0.15) is 5.82 Å². The summed E-state index contributed by atoms with van der Waals surface area (Å²) in [5.41, 5.74) is 7.79. The van der Waals surface area contributed by atoms with E-state index in [1.54, 1.807) is 0 Å². The minimum atomic E-state index is 0.0541. The minimum Gasteiger partial charge on any atom is -0.330 e. The first-order chi connectivity index (χ1) is 14.7. The molecule has 3 aromatic carbocycles. The molecule has 152 valence electrons. The largest absolute Gasteiger partial charge is 0.330 e. The molecule has 0 amide bonds. The molecule has 0 radical (unpaired) electrons. The molecule has 30 heavy (non-hydrogen) atoms. The van der Waals surface area contributed by atoms with Gasteiger partial charge in [-0.2, -0.15) is 0 Å². The summed E-state index contributed by atoms with van der Waals surface area (Å²) in [5.74, 6) is 1.79. The van der Waals surface area contributed by atoms with E-state index in [1.807, 2.05) is 41.0 Å². The van der Waals surface area contributed by atoms with Gasteiger partial charge < -0.3 is 5.73 Å². The molecule has 5 rings (SSSR count). The van der Waals surface area contributed by atoms with Gasteiger partial charge in [0, 0.05) is 12.1 Å². The average molecular weight is 398 g/mol. The lowest BCUT2D eigenvalue weighted by atomic mass is 9.81. The zero-order valence-electron chi connectivity index (χ0n) is 17.1. The number of nitrogens with two attached hydrogens (primary N) is 1. The predicted octanol–water partition coefficient (Wildman–Crippen LogP) is 4.98. The summed E-state index contributed by atoms with van der Waals surface area (Å²) < 4.78 is 1.92. The second-order valence-corrected chi connectivity index (χ2v) is 8.53. The molecule has 2 N–H and O–H groups in total. The molecule has 0 saturated heterocycles. The summed E-state index contributed by atoms with van der Waals surface area (Å²) in [7, 11) is 0. The third kappa shape index (κ3) is 3.41. The molecule has 1 aliphatic carbocycles. The van der Waals surface area contributed by atoms with Crippen LogP contribution in [0.25, 0.3) is 33.1 Å². The Morgan fingerprint density at radius 3 is 2.50 bits per heavy atom. The monoisotopic (exact) mass is 397 g/mol. The van der Waals surface area contributed by atoms with Crippen molar-refractivity contribution >= 4 is 21.7 Å². The maximum atomic E-state index is 13.6. The fraction of sp³-hybridized carbons (Fsp3) is 0.308. The van der Waals surface area contributed by atoms with E-state index in [4.69, 9.17) is 10.7 Å². The second-order valence-electron chi connectivity index (χ2n) is 8.53. The first kappa shape index (κ1) is 19.0. The van der Waals surface area contributed by atoms with E-state index >= 15 is 0 Å². The van der Waals surface area contributed by atoms with Gasteiger partial charge in [-0.3, -0.25) is 9.36 Å². The Balaban J connectivity index is 1.70. The van der Waals surface area contributed by atoms with Crippen molar-refractivity contribution in [2.24, 2.45) is 17.6 Å². The maximum Gasteiger partial charge on any atom is 0.261 e. The van der Waals surface area contributed by atoms with Gasteiger partial charge in [-0.15, -0.1) is 0 Å². The van der Waals surface area contributed by atoms with Crippen LogP contribution in [-0.4, -0.2) is 16.1 Å². The topological polar surface area (TPSA) is 60.9 Å². The lowest BCUT2D eigenvalue weighted by Gasteiger charge is -2.29. The van der Waals surface area contributed by atoms with Gasteiger partial charge in [-0.25, -0.2) is 4.98 Å². The van der Waals surface area contributed by atoms with E-state index in [0.717, 1.165) is 47.1 Å². The molecule has 0 aliphatic heterocycles. The van der Waals surface area contributed by atoms with Crippen LogP contribution in [0.2, 0.25) is 0 Å².